The Balaban J connectivity index is 1.84. The molecule has 0 saturated carbocycles. The molecule has 0 saturated heterocycles. The van der Waals surface area contributed by atoms with E-state index in [1.165, 1.54) is 11.1 Å². The van der Waals surface area contributed by atoms with Crippen molar-refractivity contribution in [2.75, 3.05) is 7.11 Å². The molecule has 1 heteroatoms. The summed E-state index contributed by atoms with van der Waals surface area (Å²) in [5.74, 6) is 0.890. The molecule has 0 N–H and O–H groups in total. The van der Waals surface area contributed by atoms with Gasteiger partial charge in [-0.2, -0.15) is 0 Å². The zero-order chi connectivity index (χ0) is 13.3. The largest absolute Gasteiger partial charge is 0.497 e. The number of benzene rings is 2. The van der Waals surface area contributed by atoms with Crippen LogP contribution < -0.4 is 4.74 Å². The number of rotatable bonds is 5. The van der Waals surface area contributed by atoms with Crippen molar-refractivity contribution < 1.29 is 4.74 Å². The summed E-state index contributed by atoms with van der Waals surface area (Å²) in [6.45, 7) is 0. The Kier molecular flexibility index (Phi) is 5.00. The van der Waals surface area contributed by atoms with Crippen LogP contribution in [0.4, 0.5) is 0 Å². The van der Waals surface area contributed by atoms with Crippen LogP contribution in [-0.4, -0.2) is 7.11 Å². The normalized spacial score (nSPS) is 11.2. The number of ether oxygens (including phenoxy) is 1. The summed E-state index contributed by atoms with van der Waals surface area (Å²) < 4.78 is 5.13. The highest BCUT2D eigenvalue weighted by atomic mass is 16.5. The maximum Gasteiger partial charge on any atom is 0.118 e. The minimum absolute atomic E-state index is 0.890. The third kappa shape index (κ3) is 4.47. The number of hydrogen-bond donors (Lipinski definition) is 0. The monoisotopic (exact) mass is 250 g/mol. The molecule has 0 aliphatic rings. The topological polar surface area (TPSA) is 9.23 Å². The maximum atomic E-state index is 5.13. The van der Waals surface area contributed by atoms with Crippen LogP contribution in [0.2, 0.25) is 0 Å². The van der Waals surface area contributed by atoms with Gasteiger partial charge < -0.3 is 4.74 Å². The first-order valence-corrected chi connectivity index (χ1v) is 6.40. The molecule has 19 heavy (non-hydrogen) atoms. The SMILES string of the molecule is COc1ccc(/C=C/C/C=C/c2ccccc2)cc1. The van der Waals surface area contributed by atoms with Gasteiger partial charge in [0.15, 0.2) is 0 Å². The van der Waals surface area contributed by atoms with Gasteiger partial charge in [0.1, 0.15) is 5.75 Å². The third-order valence-electron chi connectivity index (χ3n) is 2.81. The van der Waals surface area contributed by atoms with Gasteiger partial charge in [-0.25, -0.2) is 0 Å². The highest BCUT2D eigenvalue weighted by Gasteiger charge is 1.89. The van der Waals surface area contributed by atoms with E-state index in [0.29, 0.717) is 0 Å². The molecule has 0 heterocycles. The smallest absolute Gasteiger partial charge is 0.118 e. The fourth-order valence-corrected chi connectivity index (χ4v) is 1.77. The highest BCUT2D eigenvalue weighted by molar-refractivity contribution is 5.52. The van der Waals surface area contributed by atoms with Gasteiger partial charge in [-0.15, -0.1) is 0 Å². The van der Waals surface area contributed by atoms with Crippen molar-refractivity contribution in [1.29, 1.82) is 0 Å². The third-order valence-corrected chi connectivity index (χ3v) is 2.81. The molecule has 2 aromatic carbocycles. The molecule has 2 aromatic rings. The van der Waals surface area contributed by atoms with Crippen LogP contribution >= 0.6 is 0 Å². The Labute approximate surface area is 114 Å². The van der Waals surface area contributed by atoms with E-state index < -0.39 is 0 Å². The van der Waals surface area contributed by atoms with Gasteiger partial charge in [0.2, 0.25) is 0 Å². The van der Waals surface area contributed by atoms with Crippen LogP contribution in [0.25, 0.3) is 12.2 Å². The molecule has 0 aliphatic carbocycles. The van der Waals surface area contributed by atoms with Crippen molar-refractivity contribution in [3.05, 3.63) is 77.9 Å². The number of hydrogen-bond acceptors (Lipinski definition) is 1. The van der Waals surface area contributed by atoms with Crippen LogP contribution in [0.5, 0.6) is 5.75 Å². The van der Waals surface area contributed by atoms with Crippen molar-refractivity contribution in [1.82, 2.24) is 0 Å². The van der Waals surface area contributed by atoms with Crippen LogP contribution in [0.1, 0.15) is 17.5 Å². The van der Waals surface area contributed by atoms with Gasteiger partial charge >= 0.3 is 0 Å². The lowest BCUT2D eigenvalue weighted by molar-refractivity contribution is 0.415. The summed E-state index contributed by atoms with van der Waals surface area (Å²) in [6, 6.07) is 18.4. The van der Waals surface area contributed by atoms with Crippen molar-refractivity contribution in [2.24, 2.45) is 0 Å². The molecule has 0 amide bonds. The van der Waals surface area contributed by atoms with Crippen molar-refractivity contribution in [3.8, 4) is 5.75 Å². The van der Waals surface area contributed by atoms with Crippen molar-refractivity contribution in [3.63, 3.8) is 0 Å². The molecule has 0 bridgehead atoms. The average Bonchev–Trinajstić information content (AvgIpc) is 2.49. The molecule has 0 aliphatic heterocycles. The molecule has 0 aromatic heterocycles. The molecule has 0 atom stereocenters. The zero-order valence-corrected chi connectivity index (χ0v) is 11.1. The van der Waals surface area contributed by atoms with Gasteiger partial charge in [0.25, 0.3) is 0 Å². The van der Waals surface area contributed by atoms with Gasteiger partial charge in [-0.05, 0) is 29.7 Å². The fraction of sp³-hybridized carbons (Fsp3) is 0.111. The standard InChI is InChI=1S/C18H18O/c1-19-18-14-12-17(13-15-18)11-7-3-6-10-16-8-4-2-5-9-16/h2,4-15H,3H2,1H3/b10-6+,11-7+. The zero-order valence-electron chi connectivity index (χ0n) is 11.1. The first-order valence-electron chi connectivity index (χ1n) is 6.40. The lowest BCUT2D eigenvalue weighted by atomic mass is 10.1. The van der Waals surface area contributed by atoms with Crippen molar-refractivity contribution >= 4 is 12.2 Å². The predicted molar refractivity (Wildman–Crippen MR) is 82.1 cm³/mol. The Morgan fingerprint density at radius 3 is 1.95 bits per heavy atom. The van der Waals surface area contributed by atoms with E-state index in [2.05, 4.69) is 48.6 Å². The summed E-state index contributed by atoms with van der Waals surface area (Å²) in [6.07, 6.45) is 9.50. The maximum absolute atomic E-state index is 5.13. The Morgan fingerprint density at radius 1 is 0.789 bits per heavy atom. The molecule has 2 rings (SSSR count). The summed E-state index contributed by atoms with van der Waals surface area (Å²) in [5.41, 5.74) is 2.43. The number of methoxy groups -OCH3 is 1. The average molecular weight is 250 g/mol. The molecule has 0 radical (unpaired) electrons. The summed E-state index contributed by atoms with van der Waals surface area (Å²) in [7, 11) is 1.68. The van der Waals surface area contributed by atoms with E-state index in [1.807, 2.05) is 30.3 Å². The van der Waals surface area contributed by atoms with E-state index >= 15 is 0 Å². The summed E-state index contributed by atoms with van der Waals surface area (Å²) in [5, 5.41) is 0. The molecule has 96 valence electrons. The lowest BCUT2D eigenvalue weighted by Gasteiger charge is -1.98. The molecule has 0 fully saturated rings. The van der Waals surface area contributed by atoms with Crippen LogP contribution in [0.15, 0.2) is 66.7 Å². The summed E-state index contributed by atoms with van der Waals surface area (Å²) in [4.78, 5) is 0. The molecular formula is C18H18O. The first kappa shape index (κ1) is 13.2. The highest BCUT2D eigenvalue weighted by Crippen LogP contribution is 2.12. The van der Waals surface area contributed by atoms with E-state index in [9.17, 15) is 0 Å². The Bertz CT molecular complexity index is 536. The van der Waals surface area contributed by atoms with E-state index in [-0.39, 0.29) is 0 Å². The molecule has 0 spiro atoms. The van der Waals surface area contributed by atoms with Gasteiger partial charge in [0, 0.05) is 0 Å². The van der Waals surface area contributed by atoms with E-state index in [1.54, 1.807) is 7.11 Å². The second-order valence-electron chi connectivity index (χ2n) is 4.22. The minimum Gasteiger partial charge on any atom is -0.497 e. The Morgan fingerprint density at radius 2 is 1.37 bits per heavy atom. The molecular weight excluding hydrogens is 232 g/mol. The van der Waals surface area contributed by atoms with E-state index in [4.69, 9.17) is 4.74 Å². The molecule has 1 nitrogen and oxygen atoms in total. The predicted octanol–water partition coefficient (Wildman–Crippen LogP) is 4.81. The summed E-state index contributed by atoms with van der Waals surface area (Å²) >= 11 is 0. The fourth-order valence-electron chi connectivity index (χ4n) is 1.77. The van der Waals surface area contributed by atoms with Crippen LogP contribution in [-0.2, 0) is 0 Å². The van der Waals surface area contributed by atoms with Crippen molar-refractivity contribution in [2.45, 2.75) is 6.42 Å². The second kappa shape index (κ2) is 7.22. The van der Waals surface area contributed by atoms with Gasteiger partial charge in [-0.3, -0.25) is 0 Å². The van der Waals surface area contributed by atoms with Gasteiger partial charge in [0.05, 0.1) is 7.11 Å². The number of allylic oxidation sites excluding steroid dienone is 2. The van der Waals surface area contributed by atoms with E-state index in [0.717, 1.165) is 12.2 Å². The lowest BCUT2D eigenvalue weighted by Crippen LogP contribution is -1.81. The van der Waals surface area contributed by atoms with Gasteiger partial charge in [-0.1, -0.05) is 66.8 Å². The quantitative estimate of drug-likeness (QED) is 0.739. The minimum atomic E-state index is 0.890. The Hall–Kier alpha value is -2.28. The van der Waals surface area contributed by atoms with Crippen LogP contribution in [0, 0.1) is 0 Å². The van der Waals surface area contributed by atoms with Crippen LogP contribution in [0.3, 0.4) is 0 Å². The molecule has 0 unspecified atom stereocenters. The first-order chi connectivity index (χ1) is 9.38. The second-order valence-corrected chi connectivity index (χ2v) is 4.22.